The van der Waals surface area contributed by atoms with Crippen LogP contribution >= 0.6 is 0 Å². The quantitative estimate of drug-likeness (QED) is 0.774. The molecular weight excluding hydrogens is 368 g/mol. The highest BCUT2D eigenvalue weighted by atomic mass is 19.3. The molecule has 1 saturated heterocycles. The third-order valence-electron chi connectivity index (χ3n) is 4.63. The maximum absolute atomic E-state index is 12.6. The van der Waals surface area contributed by atoms with Crippen molar-refractivity contribution in [3.05, 3.63) is 35.9 Å². The summed E-state index contributed by atoms with van der Waals surface area (Å²) < 4.78 is 30.4. The molecule has 2 rings (SSSR count). The lowest BCUT2D eigenvalue weighted by atomic mass is 9.87. The minimum atomic E-state index is -3.09. The Kier molecular flexibility index (Phi) is 7.35. The van der Waals surface area contributed by atoms with Gasteiger partial charge in [0.05, 0.1) is 5.54 Å². The van der Waals surface area contributed by atoms with Crippen LogP contribution in [0.25, 0.3) is 0 Å². The van der Waals surface area contributed by atoms with E-state index in [0.717, 1.165) is 6.54 Å². The van der Waals surface area contributed by atoms with Gasteiger partial charge in [-0.3, -0.25) is 9.69 Å². The monoisotopic (exact) mass is 397 g/mol. The summed E-state index contributed by atoms with van der Waals surface area (Å²) in [6.07, 6.45) is -2.67. The van der Waals surface area contributed by atoms with Gasteiger partial charge < -0.3 is 15.4 Å². The molecule has 1 aliphatic rings. The molecule has 1 heterocycles. The number of carbonyl (C=O) groups excluding carboxylic acids is 2. The number of hydrogen-bond acceptors (Lipinski definition) is 4. The van der Waals surface area contributed by atoms with Gasteiger partial charge in [0.25, 0.3) is 5.91 Å². The van der Waals surface area contributed by atoms with E-state index >= 15 is 0 Å². The number of alkyl halides is 2. The molecular formula is C20H29F2N3O3. The number of nitrogens with one attached hydrogen (secondary N) is 2. The summed E-state index contributed by atoms with van der Waals surface area (Å²) in [6.45, 7) is 7.28. The van der Waals surface area contributed by atoms with Crippen molar-refractivity contribution in [2.45, 2.75) is 57.7 Å². The Morgan fingerprint density at radius 2 is 1.79 bits per heavy atom. The second-order valence-electron chi connectivity index (χ2n) is 8.19. The molecule has 1 aromatic rings. The average molecular weight is 397 g/mol. The van der Waals surface area contributed by atoms with Crippen LogP contribution in [0.3, 0.4) is 0 Å². The number of likely N-dealkylation sites (tertiary alicyclic amines) is 1. The van der Waals surface area contributed by atoms with Gasteiger partial charge >= 0.3 is 12.5 Å². The SMILES string of the molecule is CC(C)(C)OC(=O)NC1(CNC(=O)C(F)F)CCN(Cc2ccccc2)CC1. The molecule has 6 nitrogen and oxygen atoms in total. The Labute approximate surface area is 164 Å². The molecule has 1 aromatic carbocycles. The maximum atomic E-state index is 12.6. The lowest BCUT2D eigenvalue weighted by molar-refractivity contribution is -0.132. The largest absolute Gasteiger partial charge is 0.444 e. The van der Waals surface area contributed by atoms with Crippen molar-refractivity contribution in [3.63, 3.8) is 0 Å². The predicted molar refractivity (Wildman–Crippen MR) is 102 cm³/mol. The second kappa shape index (κ2) is 9.32. The van der Waals surface area contributed by atoms with Crippen molar-refractivity contribution >= 4 is 12.0 Å². The van der Waals surface area contributed by atoms with Crippen LogP contribution in [0.15, 0.2) is 30.3 Å². The molecule has 156 valence electrons. The third kappa shape index (κ3) is 7.07. The van der Waals surface area contributed by atoms with E-state index in [2.05, 4.69) is 15.5 Å². The first-order valence-corrected chi connectivity index (χ1v) is 9.42. The smallest absolute Gasteiger partial charge is 0.408 e. The van der Waals surface area contributed by atoms with E-state index in [1.165, 1.54) is 5.56 Å². The average Bonchev–Trinajstić information content (AvgIpc) is 2.61. The summed E-state index contributed by atoms with van der Waals surface area (Å²) in [4.78, 5) is 25.8. The Morgan fingerprint density at radius 3 is 2.32 bits per heavy atom. The minimum absolute atomic E-state index is 0.0609. The van der Waals surface area contributed by atoms with Gasteiger partial charge in [0, 0.05) is 26.2 Å². The van der Waals surface area contributed by atoms with Gasteiger partial charge in [-0.05, 0) is 39.2 Å². The van der Waals surface area contributed by atoms with E-state index in [1.54, 1.807) is 20.8 Å². The van der Waals surface area contributed by atoms with Gasteiger partial charge in [-0.2, -0.15) is 8.78 Å². The molecule has 1 fully saturated rings. The van der Waals surface area contributed by atoms with Crippen LogP contribution in [0.5, 0.6) is 0 Å². The van der Waals surface area contributed by atoms with Crippen LogP contribution in [0.1, 0.15) is 39.2 Å². The molecule has 0 saturated carbocycles. The van der Waals surface area contributed by atoms with Crippen LogP contribution < -0.4 is 10.6 Å². The molecule has 0 radical (unpaired) electrons. The standard InChI is InChI=1S/C20H29F2N3O3/c1-19(2,3)28-18(27)24-20(14-23-17(26)16(21)22)9-11-25(12-10-20)13-15-7-5-4-6-8-15/h4-8,16H,9-14H2,1-3H3,(H,23,26)(H,24,27). The zero-order chi connectivity index (χ0) is 20.8. The molecule has 2 amide bonds. The van der Waals surface area contributed by atoms with Gasteiger partial charge in [0.1, 0.15) is 5.60 Å². The fraction of sp³-hybridized carbons (Fsp3) is 0.600. The van der Waals surface area contributed by atoms with Crippen molar-refractivity contribution in [2.24, 2.45) is 0 Å². The van der Waals surface area contributed by atoms with Gasteiger partial charge in [-0.25, -0.2) is 4.79 Å². The van der Waals surface area contributed by atoms with Crippen molar-refractivity contribution in [1.82, 2.24) is 15.5 Å². The minimum Gasteiger partial charge on any atom is -0.444 e. The number of nitrogens with zero attached hydrogens (tertiary/aromatic N) is 1. The normalized spacial score (nSPS) is 17.2. The number of alkyl carbamates (subject to hydrolysis) is 1. The second-order valence-corrected chi connectivity index (χ2v) is 8.19. The molecule has 28 heavy (non-hydrogen) atoms. The Balaban J connectivity index is 2.01. The molecule has 0 bridgehead atoms. The van der Waals surface area contributed by atoms with Gasteiger partial charge in [0.15, 0.2) is 0 Å². The molecule has 8 heteroatoms. The lowest BCUT2D eigenvalue weighted by Crippen LogP contribution is -2.61. The van der Waals surface area contributed by atoms with Crippen molar-refractivity contribution in [1.29, 1.82) is 0 Å². The van der Waals surface area contributed by atoms with Gasteiger partial charge in [-0.15, -0.1) is 0 Å². The van der Waals surface area contributed by atoms with Gasteiger partial charge in [0.2, 0.25) is 0 Å². The fourth-order valence-electron chi connectivity index (χ4n) is 3.18. The highest BCUT2D eigenvalue weighted by molar-refractivity contribution is 5.79. The summed E-state index contributed by atoms with van der Waals surface area (Å²) in [6, 6.07) is 10.0. The molecule has 0 spiro atoms. The van der Waals surface area contributed by atoms with Crippen molar-refractivity contribution < 1.29 is 23.1 Å². The number of hydrogen-bond donors (Lipinski definition) is 2. The molecule has 2 N–H and O–H groups in total. The number of amides is 2. The highest BCUT2D eigenvalue weighted by Crippen LogP contribution is 2.24. The molecule has 0 aliphatic carbocycles. The zero-order valence-corrected chi connectivity index (χ0v) is 16.6. The van der Waals surface area contributed by atoms with Crippen LogP contribution in [-0.2, 0) is 16.1 Å². The van der Waals surface area contributed by atoms with Gasteiger partial charge in [-0.1, -0.05) is 30.3 Å². The summed E-state index contributed by atoms with van der Waals surface area (Å²) in [5.41, 5.74) is -0.313. The Hall–Kier alpha value is -2.22. The summed E-state index contributed by atoms with van der Waals surface area (Å²) in [5, 5.41) is 5.07. The summed E-state index contributed by atoms with van der Waals surface area (Å²) in [7, 11) is 0. The topological polar surface area (TPSA) is 70.7 Å². The number of piperidine rings is 1. The molecule has 0 atom stereocenters. The molecule has 1 aliphatic heterocycles. The van der Waals surface area contributed by atoms with Crippen LogP contribution in [0.4, 0.5) is 13.6 Å². The van der Waals surface area contributed by atoms with Crippen LogP contribution in [-0.4, -0.2) is 54.1 Å². The lowest BCUT2D eigenvalue weighted by Gasteiger charge is -2.42. The number of ether oxygens (including phenoxy) is 1. The van der Waals surface area contributed by atoms with E-state index in [-0.39, 0.29) is 6.54 Å². The first kappa shape index (κ1) is 22.1. The highest BCUT2D eigenvalue weighted by Gasteiger charge is 2.38. The maximum Gasteiger partial charge on any atom is 0.408 e. The van der Waals surface area contributed by atoms with Crippen LogP contribution in [0.2, 0.25) is 0 Å². The van der Waals surface area contributed by atoms with Crippen LogP contribution in [0, 0.1) is 0 Å². The van der Waals surface area contributed by atoms with E-state index in [1.807, 2.05) is 30.3 Å². The third-order valence-corrected chi connectivity index (χ3v) is 4.63. The Bertz CT molecular complexity index is 654. The van der Waals surface area contributed by atoms with E-state index < -0.39 is 29.6 Å². The number of carbonyl (C=O) groups is 2. The number of halogens is 2. The predicted octanol–water partition coefficient (Wildman–Crippen LogP) is 2.93. The van der Waals surface area contributed by atoms with Crippen molar-refractivity contribution in [3.8, 4) is 0 Å². The van der Waals surface area contributed by atoms with Crippen molar-refractivity contribution in [2.75, 3.05) is 19.6 Å². The van der Waals surface area contributed by atoms with E-state index in [0.29, 0.717) is 25.9 Å². The first-order chi connectivity index (χ1) is 13.1. The summed E-state index contributed by atoms with van der Waals surface area (Å²) in [5.74, 6) is -1.34. The first-order valence-electron chi connectivity index (χ1n) is 9.42. The van der Waals surface area contributed by atoms with E-state index in [9.17, 15) is 18.4 Å². The Morgan fingerprint density at radius 1 is 1.18 bits per heavy atom. The fourth-order valence-corrected chi connectivity index (χ4v) is 3.18. The molecule has 0 unspecified atom stereocenters. The number of benzene rings is 1. The zero-order valence-electron chi connectivity index (χ0n) is 16.6. The number of rotatable bonds is 6. The molecule has 0 aromatic heterocycles. The van der Waals surface area contributed by atoms with E-state index in [4.69, 9.17) is 4.74 Å². The summed E-state index contributed by atoms with van der Waals surface area (Å²) >= 11 is 0.